The van der Waals surface area contributed by atoms with Crippen LogP contribution in [-0.4, -0.2) is 24.5 Å². The van der Waals surface area contributed by atoms with Crippen molar-refractivity contribution < 1.29 is 4.42 Å². The second kappa shape index (κ2) is 4.81. The standard InChI is InChI=1S/C12H20N2O/c1-10-4-3-7-14(10)9-12-6-5-11(15-12)8-13-2/h5-6,10,13H,3-4,7-9H2,1-2H3. The number of rotatable bonds is 4. The molecule has 0 amide bonds. The molecule has 0 spiro atoms. The van der Waals surface area contributed by atoms with Crippen molar-refractivity contribution in [1.29, 1.82) is 0 Å². The van der Waals surface area contributed by atoms with E-state index >= 15 is 0 Å². The van der Waals surface area contributed by atoms with E-state index in [9.17, 15) is 0 Å². The topological polar surface area (TPSA) is 28.4 Å². The van der Waals surface area contributed by atoms with Crippen LogP contribution in [0.1, 0.15) is 31.3 Å². The zero-order chi connectivity index (χ0) is 10.7. The summed E-state index contributed by atoms with van der Waals surface area (Å²) in [5.74, 6) is 2.12. The summed E-state index contributed by atoms with van der Waals surface area (Å²) < 4.78 is 5.73. The highest BCUT2D eigenvalue weighted by Crippen LogP contribution is 2.20. The summed E-state index contributed by atoms with van der Waals surface area (Å²) in [7, 11) is 1.94. The predicted molar refractivity (Wildman–Crippen MR) is 60.6 cm³/mol. The highest BCUT2D eigenvalue weighted by atomic mass is 16.3. The first-order valence-electron chi connectivity index (χ1n) is 5.76. The third-order valence-corrected chi connectivity index (χ3v) is 3.12. The maximum absolute atomic E-state index is 5.73. The Hall–Kier alpha value is -0.800. The van der Waals surface area contributed by atoms with Crippen LogP contribution in [0.25, 0.3) is 0 Å². The quantitative estimate of drug-likeness (QED) is 0.820. The Morgan fingerprint density at radius 2 is 2.27 bits per heavy atom. The lowest BCUT2D eigenvalue weighted by molar-refractivity contribution is 0.236. The largest absolute Gasteiger partial charge is 0.463 e. The summed E-state index contributed by atoms with van der Waals surface area (Å²) in [5.41, 5.74) is 0. The molecular formula is C12H20N2O. The number of likely N-dealkylation sites (tertiary alicyclic amines) is 1. The van der Waals surface area contributed by atoms with Gasteiger partial charge in [0, 0.05) is 6.04 Å². The van der Waals surface area contributed by atoms with E-state index in [-0.39, 0.29) is 0 Å². The van der Waals surface area contributed by atoms with Crippen molar-refractivity contribution >= 4 is 0 Å². The maximum Gasteiger partial charge on any atom is 0.118 e. The van der Waals surface area contributed by atoms with Gasteiger partial charge in [-0.15, -0.1) is 0 Å². The molecule has 0 bridgehead atoms. The first kappa shape index (κ1) is 10.7. The normalized spacial score (nSPS) is 22.4. The van der Waals surface area contributed by atoms with Gasteiger partial charge in [-0.05, 0) is 45.5 Å². The SMILES string of the molecule is CNCc1ccc(CN2CCCC2C)o1. The molecule has 3 nitrogen and oxygen atoms in total. The van der Waals surface area contributed by atoms with Crippen LogP contribution in [0, 0.1) is 0 Å². The molecule has 0 aliphatic carbocycles. The third-order valence-electron chi connectivity index (χ3n) is 3.12. The summed E-state index contributed by atoms with van der Waals surface area (Å²) >= 11 is 0. The lowest BCUT2D eigenvalue weighted by Gasteiger charge is -2.19. The molecule has 2 rings (SSSR count). The summed E-state index contributed by atoms with van der Waals surface area (Å²) in [6.07, 6.45) is 2.65. The fraction of sp³-hybridized carbons (Fsp3) is 0.667. The molecule has 3 heteroatoms. The minimum absolute atomic E-state index is 0.711. The zero-order valence-electron chi connectivity index (χ0n) is 9.62. The first-order chi connectivity index (χ1) is 7.29. The van der Waals surface area contributed by atoms with Gasteiger partial charge in [0.25, 0.3) is 0 Å². The second-order valence-electron chi connectivity index (χ2n) is 4.36. The van der Waals surface area contributed by atoms with E-state index in [1.807, 2.05) is 7.05 Å². The van der Waals surface area contributed by atoms with Crippen molar-refractivity contribution in [2.24, 2.45) is 0 Å². The number of furan rings is 1. The van der Waals surface area contributed by atoms with Crippen LogP contribution in [-0.2, 0) is 13.1 Å². The van der Waals surface area contributed by atoms with Crippen LogP contribution in [0.15, 0.2) is 16.5 Å². The lowest BCUT2D eigenvalue weighted by atomic mass is 10.2. The number of nitrogens with zero attached hydrogens (tertiary/aromatic N) is 1. The molecule has 1 saturated heterocycles. The molecule has 1 N–H and O–H groups in total. The Morgan fingerprint density at radius 1 is 1.47 bits per heavy atom. The van der Waals surface area contributed by atoms with Gasteiger partial charge in [0.1, 0.15) is 11.5 Å². The molecule has 1 aliphatic heterocycles. The van der Waals surface area contributed by atoms with Crippen molar-refractivity contribution in [3.63, 3.8) is 0 Å². The van der Waals surface area contributed by atoms with Crippen LogP contribution in [0.5, 0.6) is 0 Å². The smallest absolute Gasteiger partial charge is 0.118 e. The van der Waals surface area contributed by atoms with Crippen LogP contribution >= 0.6 is 0 Å². The van der Waals surface area contributed by atoms with E-state index in [0.29, 0.717) is 6.04 Å². The number of hydrogen-bond acceptors (Lipinski definition) is 3. The van der Waals surface area contributed by atoms with E-state index in [2.05, 4.69) is 29.3 Å². The molecule has 1 aromatic heterocycles. The van der Waals surface area contributed by atoms with Gasteiger partial charge in [-0.25, -0.2) is 0 Å². The second-order valence-corrected chi connectivity index (χ2v) is 4.36. The average molecular weight is 208 g/mol. The Balaban J connectivity index is 1.92. The van der Waals surface area contributed by atoms with Gasteiger partial charge >= 0.3 is 0 Å². The minimum atomic E-state index is 0.711. The Morgan fingerprint density at radius 3 is 2.93 bits per heavy atom. The van der Waals surface area contributed by atoms with Crippen molar-refractivity contribution in [3.8, 4) is 0 Å². The summed E-state index contributed by atoms with van der Waals surface area (Å²) in [4.78, 5) is 2.49. The predicted octanol–water partition coefficient (Wildman–Crippen LogP) is 1.98. The van der Waals surface area contributed by atoms with E-state index in [1.165, 1.54) is 19.4 Å². The third kappa shape index (κ3) is 2.61. The molecule has 15 heavy (non-hydrogen) atoms. The van der Waals surface area contributed by atoms with Gasteiger partial charge in [0.2, 0.25) is 0 Å². The van der Waals surface area contributed by atoms with Gasteiger partial charge in [-0.3, -0.25) is 4.90 Å². The summed E-state index contributed by atoms with van der Waals surface area (Å²) in [5, 5.41) is 3.09. The maximum atomic E-state index is 5.73. The molecule has 0 saturated carbocycles. The van der Waals surface area contributed by atoms with E-state index in [4.69, 9.17) is 4.42 Å². The van der Waals surface area contributed by atoms with Crippen LogP contribution in [0.2, 0.25) is 0 Å². The molecule has 1 aliphatic rings. The molecule has 84 valence electrons. The van der Waals surface area contributed by atoms with Crippen molar-refractivity contribution in [1.82, 2.24) is 10.2 Å². The first-order valence-corrected chi connectivity index (χ1v) is 5.76. The van der Waals surface area contributed by atoms with Crippen molar-refractivity contribution in [2.75, 3.05) is 13.6 Å². The van der Waals surface area contributed by atoms with Crippen LogP contribution in [0.3, 0.4) is 0 Å². The molecular weight excluding hydrogens is 188 g/mol. The molecule has 2 heterocycles. The van der Waals surface area contributed by atoms with Gasteiger partial charge in [0.05, 0.1) is 13.1 Å². The molecule has 1 aromatic rings. The monoisotopic (exact) mass is 208 g/mol. The molecule has 1 atom stereocenters. The summed E-state index contributed by atoms with van der Waals surface area (Å²) in [6, 6.07) is 4.87. The van der Waals surface area contributed by atoms with Crippen molar-refractivity contribution in [2.45, 2.75) is 38.9 Å². The van der Waals surface area contributed by atoms with E-state index in [0.717, 1.165) is 24.6 Å². The average Bonchev–Trinajstić information content (AvgIpc) is 2.79. The minimum Gasteiger partial charge on any atom is -0.463 e. The lowest BCUT2D eigenvalue weighted by Crippen LogP contribution is -2.25. The van der Waals surface area contributed by atoms with Crippen molar-refractivity contribution in [3.05, 3.63) is 23.7 Å². The number of nitrogens with one attached hydrogen (secondary N) is 1. The summed E-state index contributed by atoms with van der Waals surface area (Å²) in [6.45, 7) is 5.29. The van der Waals surface area contributed by atoms with E-state index < -0.39 is 0 Å². The van der Waals surface area contributed by atoms with Gasteiger partial charge < -0.3 is 9.73 Å². The van der Waals surface area contributed by atoms with Gasteiger partial charge in [0.15, 0.2) is 0 Å². The van der Waals surface area contributed by atoms with Gasteiger partial charge in [-0.2, -0.15) is 0 Å². The van der Waals surface area contributed by atoms with Gasteiger partial charge in [-0.1, -0.05) is 0 Å². The highest BCUT2D eigenvalue weighted by molar-refractivity contribution is 5.07. The molecule has 0 aromatic carbocycles. The Labute approximate surface area is 91.4 Å². The Bertz CT molecular complexity index is 308. The fourth-order valence-electron chi connectivity index (χ4n) is 2.20. The molecule has 1 unspecified atom stereocenters. The fourth-order valence-corrected chi connectivity index (χ4v) is 2.20. The van der Waals surface area contributed by atoms with Crippen LogP contribution in [0.4, 0.5) is 0 Å². The van der Waals surface area contributed by atoms with E-state index in [1.54, 1.807) is 0 Å². The highest BCUT2D eigenvalue weighted by Gasteiger charge is 2.20. The zero-order valence-corrected chi connectivity index (χ0v) is 9.62. The Kier molecular flexibility index (Phi) is 3.44. The molecule has 0 radical (unpaired) electrons. The molecule has 1 fully saturated rings. The van der Waals surface area contributed by atoms with Crippen LogP contribution < -0.4 is 5.32 Å². The number of hydrogen-bond donors (Lipinski definition) is 1.